The highest BCUT2D eigenvalue weighted by atomic mass is 15.1. The van der Waals surface area contributed by atoms with E-state index in [0.29, 0.717) is 11.3 Å². The monoisotopic (exact) mass is 184 g/mol. The van der Waals surface area contributed by atoms with Gasteiger partial charge >= 0.3 is 0 Å². The van der Waals surface area contributed by atoms with Gasteiger partial charge in [-0.1, -0.05) is 20.8 Å². The maximum atomic E-state index is 5.81. The Morgan fingerprint density at radius 3 is 2.69 bits per heavy atom. The zero-order chi connectivity index (χ0) is 9.90. The second-order valence-corrected chi connectivity index (χ2v) is 4.97. The van der Waals surface area contributed by atoms with Gasteiger partial charge in [0.1, 0.15) is 0 Å². The van der Waals surface area contributed by atoms with E-state index in [4.69, 9.17) is 5.73 Å². The van der Waals surface area contributed by atoms with Crippen LogP contribution in [0.4, 0.5) is 0 Å². The fraction of sp³-hybridized carbons (Fsp3) is 1.00. The molecule has 0 aromatic rings. The Morgan fingerprint density at radius 1 is 1.46 bits per heavy atom. The van der Waals surface area contributed by atoms with Crippen LogP contribution >= 0.6 is 0 Å². The quantitative estimate of drug-likeness (QED) is 0.723. The summed E-state index contributed by atoms with van der Waals surface area (Å²) < 4.78 is 0. The van der Waals surface area contributed by atoms with Crippen molar-refractivity contribution in [2.75, 3.05) is 26.2 Å². The molecule has 13 heavy (non-hydrogen) atoms. The average molecular weight is 184 g/mol. The van der Waals surface area contributed by atoms with Crippen LogP contribution < -0.4 is 5.73 Å². The maximum absolute atomic E-state index is 5.81. The summed E-state index contributed by atoms with van der Waals surface area (Å²) in [6.07, 6.45) is 2.56. The Kier molecular flexibility index (Phi) is 3.74. The Hall–Kier alpha value is -0.0800. The van der Waals surface area contributed by atoms with Gasteiger partial charge in [-0.25, -0.2) is 0 Å². The summed E-state index contributed by atoms with van der Waals surface area (Å²) in [4.78, 5) is 2.56. The van der Waals surface area contributed by atoms with Crippen LogP contribution in [0.3, 0.4) is 0 Å². The van der Waals surface area contributed by atoms with E-state index in [-0.39, 0.29) is 0 Å². The van der Waals surface area contributed by atoms with E-state index in [0.717, 1.165) is 6.54 Å². The van der Waals surface area contributed by atoms with Crippen molar-refractivity contribution >= 4 is 0 Å². The Morgan fingerprint density at radius 2 is 2.15 bits per heavy atom. The van der Waals surface area contributed by atoms with Crippen LogP contribution in [0.1, 0.15) is 33.6 Å². The lowest BCUT2D eigenvalue weighted by atomic mass is 9.73. The molecule has 0 saturated carbocycles. The third kappa shape index (κ3) is 2.68. The molecule has 1 heterocycles. The number of nitrogens with zero attached hydrogens (tertiary/aromatic N) is 1. The summed E-state index contributed by atoms with van der Waals surface area (Å²) in [5.41, 5.74) is 6.27. The van der Waals surface area contributed by atoms with Crippen LogP contribution in [0.2, 0.25) is 0 Å². The molecule has 78 valence electrons. The Labute approximate surface area is 82.5 Å². The van der Waals surface area contributed by atoms with E-state index in [1.807, 2.05) is 0 Å². The molecule has 0 aliphatic carbocycles. The first-order chi connectivity index (χ1) is 6.10. The minimum Gasteiger partial charge on any atom is -0.330 e. The summed E-state index contributed by atoms with van der Waals surface area (Å²) in [6.45, 7) is 11.5. The minimum atomic E-state index is 0.457. The van der Waals surface area contributed by atoms with Gasteiger partial charge in [0.25, 0.3) is 0 Å². The summed E-state index contributed by atoms with van der Waals surface area (Å²) in [6, 6.07) is 0. The third-order valence-corrected chi connectivity index (χ3v) is 3.48. The van der Waals surface area contributed by atoms with Gasteiger partial charge in [-0.2, -0.15) is 0 Å². The van der Waals surface area contributed by atoms with Crippen LogP contribution in [0, 0.1) is 11.3 Å². The van der Waals surface area contributed by atoms with Crippen molar-refractivity contribution in [3.8, 4) is 0 Å². The van der Waals surface area contributed by atoms with Crippen molar-refractivity contribution < 1.29 is 0 Å². The molecule has 1 atom stereocenters. The van der Waals surface area contributed by atoms with Gasteiger partial charge in [-0.15, -0.1) is 0 Å². The third-order valence-electron chi connectivity index (χ3n) is 3.48. The lowest BCUT2D eigenvalue weighted by Crippen LogP contribution is -2.47. The van der Waals surface area contributed by atoms with E-state index < -0.39 is 0 Å². The van der Waals surface area contributed by atoms with E-state index >= 15 is 0 Å². The molecular formula is C11H24N2. The zero-order valence-corrected chi connectivity index (χ0v) is 9.34. The summed E-state index contributed by atoms with van der Waals surface area (Å²) in [5, 5.41) is 0. The first-order valence-corrected chi connectivity index (χ1v) is 5.52. The molecule has 1 unspecified atom stereocenters. The van der Waals surface area contributed by atoms with Crippen LogP contribution in [0.5, 0.6) is 0 Å². The molecular weight excluding hydrogens is 160 g/mol. The lowest BCUT2D eigenvalue weighted by Gasteiger charge is -2.43. The van der Waals surface area contributed by atoms with Crippen molar-refractivity contribution in [1.82, 2.24) is 4.90 Å². The Balaban J connectivity index is 2.48. The lowest BCUT2D eigenvalue weighted by molar-refractivity contribution is 0.0653. The van der Waals surface area contributed by atoms with E-state index in [1.54, 1.807) is 0 Å². The van der Waals surface area contributed by atoms with E-state index in [9.17, 15) is 0 Å². The van der Waals surface area contributed by atoms with Gasteiger partial charge in [-0.05, 0) is 43.8 Å². The molecule has 2 nitrogen and oxygen atoms in total. The molecule has 1 rings (SSSR count). The van der Waals surface area contributed by atoms with E-state index in [1.165, 1.54) is 32.5 Å². The van der Waals surface area contributed by atoms with Crippen LogP contribution in [0.15, 0.2) is 0 Å². The normalized spacial score (nSPS) is 29.1. The maximum Gasteiger partial charge on any atom is 0.00268 e. The molecule has 0 amide bonds. The second-order valence-electron chi connectivity index (χ2n) is 4.97. The molecule has 1 aliphatic rings. The molecule has 0 bridgehead atoms. The standard InChI is InChI=1S/C11H24N2/c1-4-6-13-7-5-11(2,3)10(8-12)9-13/h10H,4-9,12H2,1-3H3. The summed E-state index contributed by atoms with van der Waals surface area (Å²) >= 11 is 0. The molecule has 1 aliphatic heterocycles. The Bertz CT molecular complexity index is 154. The number of hydrogen-bond acceptors (Lipinski definition) is 2. The van der Waals surface area contributed by atoms with E-state index in [2.05, 4.69) is 25.7 Å². The second kappa shape index (κ2) is 4.43. The van der Waals surface area contributed by atoms with Gasteiger partial charge in [0, 0.05) is 6.54 Å². The fourth-order valence-electron chi connectivity index (χ4n) is 2.21. The summed E-state index contributed by atoms with van der Waals surface area (Å²) in [7, 11) is 0. The van der Waals surface area contributed by atoms with Crippen molar-refractivity contribution in [2.45, 2.75) is 33.6 Å². The largest absolute Gasteiger partial charge is 0.330 e. The molecule has 2 N–H and O–H groups in total. The first kappa shape index (κ1) is 11.0. The highest BCUT2D eigenvalue weighted by Gasteiger charge is 2.33. The number of nitrogens with two attached hydrogens (primary N) is 1. The highest BCUT2D eigenvalue weighted by Crippen LogP contribution is 2.34. The van der Waals surface area contributed by atoms with Crippen molar-refractivity contribution in [2.24, 2.45) is 17.1 Å². The van der Waals surface area contributed by atoms with Gasteiger partial charge < -0.3 is 10.6 Å². The molecule has 1 saturated heterocycles. The van der Waals surface area contributed by atoms with Gasteiger partial charge in [-0.3, -0.25) is 0 Å². The smallest absolute Gasteiger partial charge is 0.00268 e. The van der Waals surface area contributed by atoms with Gasteiger partial charge in [0.05, 0.1) is 0 Å². The first-order valence-electron chi connectivity index (χ1n) is 5.52. The van der Waals surface area contributed by atoms with Crippen molar-refractivity contribution in [3.05, 3.63) is 0 Å². The van der Waals surface area contributed by atoms with Gasteiger partial charge in [0.2, 0.25) is 0 Å². The average Bonchev–Trinajstić information content (AvgIpc) is 2.08. The molecule has 0 radical (unpaired) electrons. The molecule has 1 fully saturated rings. The predicted molar refractivity (Wildman–Crippen MR) is 57.7 cm³/mol. The SMILES string of the molecule is CCCN1CCC(C)(C)C(CN)C1. The van der Waals surface area contributed by atoms with Gasteiger partial charge in [0.15, 0.2) is 0 Å². The number of rotatable bonds is 3. The molecule has 2 heteroatoms. The number of hydrogen-bond donors (Lipinski definition) is 1. The predicted octanol–water partition coefficient (Wildman–Crippen LogP) is 1.70. The molecule has 0 aromatic carbocycles. The minimum absolute atomic E-state index is 0.457. The van der Waals surface area contributed by atoms with Crippen LogP contribution in [-0.2, 0) is 0 Å². The van der Waals surface area contributed by atoms with Crippen LogP contribution in [0.25, 0.3) is 0 Å². The highest BCUT2D eigenvalue weighted by molar-refractivity contribution is 4.86. The number of likely N-dealkylation sites (tertiary alicyclic amines) is 1. The topological polar surface area (TPSA) is 29.3 Å². The molecule has 0 aromatic heterocycles. The fourth-order valence-corrected chi connectivity index (χ4v) is 2.21. The zero-order valence-electron chi connectivity index (χ0n) is 9.34. The van der Waals surface area contributed by atoms with Crippen molar-refractivity contribution in [3.63, 3.8) is 0 Å². The molecule has 0 spiro atoms. The number of piperidine rings is 1. The van der Waals surface area contributed by atoms with Crippen LogP contribution in [-0.4, -0.2) is 31.1 Å². The summed E-state index contributed by atoms with van der Waals surface area (Å²) in [5.74, 6) is 0.688. The van der Waals surface area contributed by atoms with Crippen molar-refractivity contribution in [1.29, 1.82) is 0 Å².